The smallest absolute Gasteiger partial charge is 0.236 e. The van der Waals surface area contributed by atoms with Crippen molar-refractivity contribution in [2.75, 3.05) is 18.2 Å². The SMILES string of the molecule is [c]1nnnn1N1CCNN1. The Labute approximate surface area is 56.9 Å². The average molecular weight is 140 g/mol. The van der Waals surface area contributed by atoms with E-state index in [0.717, 1.165) is 13.1 Å². The van der Waals surface area contributed by atoms with Crippen molar-refractivity contribution in [1.82, 2.24) is 31.3 Å². The molecule has 0 aliphatic carbocycles. The summed E-state index contributed by atoms with van der Waals surface area (Å²) in [4.78, 5) is 1.40. The van der Waals surface area contributed by atoms with Crippen molar-refractivity contribution in [2.24, 2.45) is 0 Å². The van der Waals surface area contributed by atoms with E-state index >= 15 is 0 Å². The van der Waals surface area contributed by atoms with Gasteiger partial charge in [-0.1, -0.05) is 0 Å². The first-order valence-corrected chi connectivity index (χ1v) is 2.89. The molecule has 1 saturated heterocycles. The van der Waals surface area contributed by atoms with Crippen LogP contribution in [0.1, 0.15) is 0 Å². The second-order valence-electron chi connectivity index (χ2n) is 1.83. The number of nitrogens with one attached hydrogen (secondary N) is 2. The van der Waals surface area contributed by atoms with E-state index in [-0.39, 0.29) is 0 Å². The van der Waals surface area contributed by atoms with Crippen LogP contribution in [0, 0.1) is 6.33 Å². The second kappa shape index (κ2) is 2.20. The molecule has 0 unspecified atom stereocenters. The fraction of sp³-hybridized carbons (Fsp3) is 0.667. The Morgan fingerprint density at radius 3 is 3.10 bits per heavy atom. The van der Waals surface area contributed by atoms with Crippen LogP contribution in [-0.4, -0.2) is 33.4 Å². The normalized spacial score (nSPS) is 18.2. The first-order valence-electron chi connectivity index (χ1n) is 2.89. The lowest BCUT2D eigenvalue weighted by Gasteiger charge is -2.12. The molecule has 0 atom stereocenters. The molecule has 0 amide bonds. The fourth-order valence-electron chi connectivity index (χ4n) is 0.747. The lowest BCUT2D eigenvalue weighted by Crippen LogP contribution is -2.44. The van der Waals surface area contributed by atoms with Crippen LogP contribution < -0.4 is 16.1 Å². The van der Waals surface area contributed by atoms with E-state index in [2.05, 4.69) is 32.8 Å². The summed E-state index contributed by atoms with van der Waals surface area (Å²) in [5, 5.41) is 12.1. The van der Waals surface area contributed by atoms with Crippen molar-refractivity contribution >= 4 is 0 Å². The van der Waals surface area contributed by atoms with Gasteiger partial charge >= 0.3 is 0 Å². The molecule has 1 fully saturated rings. The summed E-state index contributed by atoms with van der Waals surface area (Å²) in [6, 6.07) is 0. The molecule has 0 spiro atoms. The highest BCUT2D eigenvalue weighted by atomic mass is 15.9. The third-order valence-electron chi connectivity index (χ3n) is 1.19. The first kappa shape index (κ1) is 5.57. The van der Waals surface area contributed by atoms with Crippen molar-refractivity contribution in [2.45, 2.75) is 0 Å². The van der Waals surface area contributed by atoms with Gasteiger partial charge in [0.25, 0.3) is 0 Å². The first-order chi connectivity index (χ1) is 4.97. The van der Waals surface area contributed by atoms with E-state index in [1.165, 1.54) is 4.79 Å². The van der Waals surface area contributed by atoms with Gasteiger partial charge in [0.05, 0.1) is 6.54 Å². The van der Waals surface area contributed by atoms with Crippen LogP contribution in [0.25, 0.3) is 0 Å². The molecule has 2 rings (SSSR count). The molecule has 2 N–H and O–H groups in total. The molecular formula is C3H6N7. The molecule has 0 aromatic carbocycles. The number of hydrogen-bond donors (Lipinski definition) is 2. The second-order valence-corrected chi connectivity index (χ2v) is 1.83. The third-order valence-corrected chi connectivity index (χ3v) is 1.19. The van der Waals surface area contributed by atoms with Crippen LogP contribution >= 0.6 is 0 Å². The minimum atomic E-state index is 0.821. The molecule has 2 heterocycles. The summed E-state index contributed by atoms with van der Waals surface area (Å²) in [5.74, 6) is 0. The van der Waals surface area contributed by atoms with E-state index in [9.17, 15) is 0 Å². The van der Waals surface area contributed by atoms with Gasteiger partial charge in [-0.15, -0.1) is 9.89 Å². The van der Waals surface area contributed by atoms with Gasteiger partial charge < -0.3 is 0 Å². The zero-order chi connectivity index (χ0) is 6.81. The molecule has 1 aromatic heterocycles. The third kappa shape index (κ3) is 0.807. The molecule has 0 bridgehead atoms. The van der Waals surface area contributed by atoms with Crippen molar-refractivity contribution in [1.29, 1.82) is 0 Å². The predicted molar refractivity (Wildman–Crippen MR) is 30.9 cm³/mol. The van der Waals surface area contributed by atoms with E-state index in [4.69, 9.17) is 0 Å². The highest BCUT2D eigenvalue weighted by Crippen LogP contribution is 1.82. The Hall–Kier alpha value is -1.21. The Bertz CT molecular complexity index is 187. The minimum absolute atomic E-state index is 0.821. The highest BCUT2D eigenvalue weighted by Gasteiger charge is 2.10. The summed E-state index contributed by atoms with van der Waals surface area (Å²) in [5.41, 5.74) is 5.73. The van der Waals surface area contributed by atoms with Crippen LogP contribution in [0.4, 0.5) is 0 Å². The monoisotopic (exact) mass is 140 g/mol. The van der Waals surface area contributed by atoms with E-state index in [1.54, 1.807) is 5.12 Å². The average Bonchev–Trinajstić information content (AvgIpc) is 2.59. The molecule has 53 valence electrons. The zero-order valence-electron chi connectivity index (χ0n) is 5.15. The maximum absolute atomic E-state index is 3.62. The summed E-state index contributed by atoms with van der Waals surface area (Å²) >= 11 is 0. The van der Waals surface area contributed by atoms with Crippen molar-refractivity contribution in [3.63, 3.8) is 0 Å². The summed E-state index contributed by atoms with van der Waals surface area (Å²) in [6.07, 6.45) is 2.55. The number of hydrogen-bond acceptors (Lipinski definition) is 6. The summed E-state index contributed by atoms with van der Waals surface area (Å²) < 4.78 is 0. The van der Waals surface area contributed by atoms with Gasteiger partial charge in [-0.3, -0.25) is 0 Å². The van der Waals surface area contributed by atoms with Crippen molar-refractivity contribution in [3.8, 4) is 0 Å². The van der Waals surface area contributed by atoms with Gasteiger partial charge in [-0.05, 0) is 10.4 Å². The van der Waals surface area contributed by atoms with Gasteiger partial charge in [-0.2, -0.15) is 5.53 Å². The van der Waals surface area contributed by atoms with Gasteiger partial charge in [0, 0.05) is 6.54 Å². The highest BCUT2D eigenvalue weighted by molar-refractivity contribution is 4.78. The Morgan fingerprint density at radius 2 is 2.50 bits per heavy atom. The van der Waals surface area contributed by atoms with Crippen LogP contribution in [0.2, 0.25) is 0 Å². The number of hydrazine groups is 2. The number of rotatable bonds is 1. The quantitative estimate of drug-likeness (QED) is 0.447. The molecule has 1 radical (unpaired) electrons. The van der Waals surface area contributed by atoms with Crippen LogP contribution in [0.3, 0.4) is 0 Å². The number of nitrogens with zero attached hydrogens (tertiary/aromatic N) is 5. The van der Waals surface area contributed by atoms with Crippen LogP contribution in [0.15, 0.2) is 0 Å². The van der Waals surface area contributed by atoms with E-state index in [0.29, 0.717) is 0 Å². The van der Waals surface area contributed by atoms with Gasteiger partial charge in [0.1, 0.15) is 0 Å². The molecular weight excluding hydrogens is 134 g/mol. The lowest BCUT2D eigenvalue weighted by molar-refractivity contribution is 0.472. The van der Waals surface area contributed by atoms with Crippen molar-refractivity contribution in [3.05, 3.63) is 6.33 Å². The lowest BCUT2D eigenvalue weighted by atomic mass is 10.7. The summed E-state index contributed by atoms with van der Waals surface area (Å²) in [7, 11) is 0. The summed E-state index contributed by atoms with van der Waals surface area (Å²) in [6.45, 7) is 1.69. The Balaban J connectivity index is 2.12. The maximum atomic E-state index is 3.62. The molecule has 0 saturated carbocycles. The maximum Gasteiger partial charge on any atom is 0.247 e. The number of aromatic nitrogens is 4. The molecule has 7 heteroatoms. The predicted octanol–water partition coefficient (Wildman–Crippen LogP) is -2.57. The van der Waals surface area contributed by atoms with Gasteiger partial charge in [-0.25, -0.2) is 10.5 Å². The molecule has 1 aliphatic rings. The van der Waals surface area contributed by atoms with Crippen LogP contribution in [-0.2, 0) is 0 Å². The standard InChI is InChI=1S/C3H6N7/c1-2-9(7-4-1)10-3-5-6-8-10/h4,7H,1-2H2. The molecule has 1 aliphatic heterocycles. The Morgan fingerprint density at radius 1 is 1.50 bits per heavy atom. The molecule has 1 aromatic rings. The van der Waals surface area contributed by atoms with Crippen molar-refractivity contribution < 1.29 is 0 Å². The fourth-order valence-corrected chi connectivity index (χ4v) is 0.747. The van der Waals surface area contributed by atoms with Crippen LogP contribution in [0.5, 0.6) is 0 Å². The number of tetrazole rings is 1. The zero-order valence-corrected chi connectivity index (χ0v) is 5.15. The van der Waals surface area contributed by atoms with Gasteiger partial charge in [0.15, 0.2) is 0 Å². The largest absolute Gasteiger partial charge is 0.247 e. The Kier molecular flexibility index (Phi) is 1.22. The minimum Gasteiger partial charge on any atom is -0.236 e. The van der Waals surface area contributed by atoms with E-state index < -0.39 is 0 Å². The topological polar surface area (TPSA) is 70.9 Å². The molecule has 7 nitrogen and oxygen atoms in total. The molecule has 10 heavy (non-hydrogen) atoms. The van der Waals surface area contributed by atoms with E-state index in [1.807, 2.05) is 0 Å². The van der Waals surface area contributed by atoms with Gasteiger partial charge in [0.2, 0.25) is 6.33 Å².